The largest absolute Gasteiger partial charge is 0.394 e. The Balaban J connectivity index is 1.35. The summed E-state index contributed by atoms with van der Waals surface area (Å²) in [6, 6.07) is 0. The van der Waals surface area contributed by atoms with Crippen molar-refractivity contribution in [1.82, 2.24) is 15.5 Å². The lowest BCUT2D eigenvalue weighted by Crippen LogP contribution is -2.52. The van der Waals surface area contributed by atoms with Crippen molar-refractivity contribution < 1.29 is 28.7 Å². The average molecular weight is 495 g/mol. The lowest BCUT2D eigenvalue weighted by atomic mass is 9.92. The molecule has 1 aromatic heterocycles. The molecular weight excluding hydrogens is 455 g/mol. The highest BCUT2D eigenvalue weighted by atomic mass is 19.1. The zero-order valence-electron chi connectivity index (χ0n) is 21.2. The van der Waals surface area contributed by atoms with Gasteiger partial charge in [0.05, 0.1) is 24.9 Å². The predicted octanol–water partition coefficient (Wildman–Crippen LogP) is 2.79. The molecule has 196 valence electrons. The number of anilines is 1. The minimum absolute atomic E-state index is 0.00941. The van der Waals surface area contributed by atoms with Crippen LogP contribution < -0.4 is 10.2 Å². The van der Waals surface area contributed by atoms with Gasteiger partial charge in [0, 0.05) is 25.3 Å². The molecule has 35 heavy (non-hydrogen) atoms. The topological polar surface area (TPSA) is 121 Å². The molecule has 1 atom stereocenters. The number of halogens is 1. The van der Waals surface area contributed by atoms with Crippen molar-refractivity contribution in [3.8, 4) is 0 Å². The van der Waals surface area contributed by atoms with Crippen LogP contribution in [0.1, 0.15) is 65.7 Å². The Morgan fingerprint density at radius 1 is 1.29 bits per heavy atom. The zero-order chi connectivity index (χ0) is 25.6. The second-order valence-corrected chi connectivity index (χ2v) is 10.4. The number of nitrogens with zero attached hydrogens (tertiary/aromatic N) is 3. The number of hydrogen-bond acceptors (Lipinski definition) is 8. The van der Waals surface area contributed by atoms with E-state index in [-0.39, 0.29) is 31.1 Å². The number of piperidine rings is 1. The Morgan fingerprint density at radius 2 is 1.97 bits per heavy atom. The maximum absolute atomic E-state index is 14.0. The molecule has 1 aliphatic heterocycles. The van der Waals surface area contributed by atoms with Crippen LogP contribution in [0.5, 0.6) is 0 Å². The molecule has 3 rings (SSSR count). The van der Waals surface area contributed by atoms with Gasteiger partial charge < -0.3 is 29.7 Å². The molecule has 1 aliphatic carbocycles. The van der Waals surface area contributed by atoms with Gasteiger partial charge in [0.2, 0.25) is 0 Å². The Labute approximate surface area is 206 Å². The van der Waals surface area contributed by atoms with Gasteiger partial charge in [-0.05, 0) is 76.4 Å². The number of amides is 1. The first-order valence-corrected chi connectivity index (χ1v) is 12.4. The number of alkyl halides is 1. The van der Waals surface area contributed by atoms with Crippen LogP contribution in [0.4, 0.5) is 10.3 Å². The fourth-order valence-corrected chi connectivity index (χ4v) is 4.30. The summed E-state index contributed by atoms with van der Waals surface area (Å²) in [5, 5.41) is 25.4. The smallest absolute Gasteiger partial charge is 0.266 e. The predicted molar refractivity (Wildman–Crippen MR) is 130 cm³/mol. The van der Waals surface area contributed by atoms with Crippen LogP contribution in [-0.2, 0) is 15.2 Å². The van der Waals surface area contributed by atoms with Crippen molar-refractivity contribution in [3.05, 3.63) is 29.2 Å². The van der Waals surface area contributed by atoms with Crippen molar-refractivity contribution in [1.29, 1.82) is 0 Å². The molecule has 10 heteroatoms. The fourth-order valence-electron chi connectivity index (χ4n) is 4.30. The van der Waals surface area contributed by atoms with Gasteiger partial charge >= 0.3 is 0 Å². The van der Waals surface area contributed by atoms with E-state index in [1.807, 2.05) is 24.0 Å². The van der Waals surface area contributed by atoms with Crippen LogP contribution in [0.2, 0.25) is 0 Å². The summed E-state index contributed by atoms with van der Waals surface area (Å²) in [6.07, 6.45) is 8.42. The van der Waals surface area contributed by atoms with E-state index in [9.17, 15) is 19.4 Å². The van der Waals surface area contributed by atoms with Crippen LogP contribution in [0.15, 0.2) is 27.8 Å². The minimum Gasteiger partial charge on any atom is -0.394 e. The summed E-state index contributed by atoms with van der Waals surface area (Å²) in [5.41, 5.74) is -1.32. The van der Waals surface area contributed by atoms with Gasteiger partial charge in [0.25, 0.3) is 17.7 Å². The molecule has 0 aromatic carbocycles. The third kappa shape index (κ3) is 7.35. The second-order valence-electron chi connectivity index (χ2n) is 10.4. The molecule has 0 spiro atoms. The summed E-state index contributed by atoms with van der Waals surface area (Å²) in [7, 11) is 0. The molecule has 0 saturated carbocycles. The van der Waals surface area contributed by atoms with Crippen LogP contribution in [-0.4, -0.2) is 70.8 Å². The van der Waals surface area contributed by atoms with E-state index in [4.69, 9.17) is 9.26 Å². The number of hydrogen-bond donors (Lipinski definition) is 3. The lowest BCUT2D eigenvalue weighted by molar-refractivity contribution is -0.120. The van der Waals surface area contributed by atoms with Gasteiger partial charge in [-0.15, -0.1) is 0 Å². The molecule has 3 N–H and O–H groups in total. The summed E-state index contributed by atoms with van der Waals surface area (Å²) in [6.45, 7) is 7.88. The zero-order valence-corrected chi connectivity index (χ0v) is 21.2. The molecule has 2 heterocycles. The van der Waals surface area contributed by atoms with Crippen molar-refractivity contribution >= 4 is 11.9 Å². The van der Waals surface area contributed by atoms with Crippen molar-refractivity contribution in [2.24, 2.45) is 5.92 Å². The van der Waals surface area contributed by atoms with E-state index in [1.165, 1.54) is 13.8 Å². The molecule has 1 unspecified atom stereocenters. The van der Waals surface area contributed by atoms with Crippen LogP contribution in [0.25, 0.3) is 0 Å². The highest BCUT2D eigenvalue weighted by Gasteiger charge is 2.30. The standard InChI is InChI=1S/C25H39FN4O5/c1-17-14-19(7-8-20(17)21(33)28-25(4,15-31)16-32)34-13-5-6-18-9-11-30(12-10-18)23-27-22(35-29-23)24(2,3)26/h8,14,18-19,31-32H,5-7,9-13,15-16H2,1-4H3,(H,28,33). The van der Waals surface area contributed by atoms with Gasteiger partial charge in [-0.3, -0.25) is 4.79 Å². The van der Waals surface area contributed by atoms with E-state index >= 15 is 0 Å². The molecule has 0 bridgehead atoms. The monoisotopic (exact) mass is 494 g/mol. The quantitative estimate of drug-likeness (QED) is 0.402. The summed E-state index contributed by atoms with van der Waals surface area (Å²) in [5.74, 6) is 0.769. The third-order valence-electron chi connectivity index (χ3n) is 6.68. The highest BCUT2D eigenvalue weighted by Crippen LogP contribution is 2.28. The number of nitrogens with one attached hydrogen (secondary N) is 1. The van der Waals surface area contributed by atoms with E-state index < -0.39 is 11.2 Å². The first kappa shape index (κ1) is 27.3. The number of aromatic nitrogens is 2. The first-order chi connectivity index (χ1) is 16.5. The van der Waals surface area contributed by atoms with E-state index in [2.05, 4.69) is 15.5 Å². The highest BCUT2D eigenvalue weighted by molar-refractivity contribution is 5.98. The first-order valence-electron chi connectivity index (χ1n) is 12.4. The molecule has 9 nitrogen and oxygen atoms in total. The summed E-state index contributed by atoms with van der Waals surface area (Å²) < 4.78 is 25.1. The number of carbonyl (C=O) groups is 1. The van der Waals surface area contributed by atoms with Crippen molar-refractivity contribution in [2.75, 3.05) is 37.8 Å². The van der Waals surface area contributed by atoms with Crippen LogP contribution in [0, 0.1) is 5.92 Å². The van der Waals surface area contributed by atoms with Crippen molar-refractivity contribution in [3.63, 3.8) is 0 Å². The molecule has 1 aromatic rings. The van der Waals surface area contributed by atoms with Crippen LogP contribution >= 0.6 is 0 Å². The average Bonchev–Trinajstić information content (AvgIpc) is 3.33. The third-order valence-corrected chi connectivity index (χ3v) is 6.68. The lowest BCUT2D eigenvalue weighted by Gasteiger charge is -2.31. The van der Waals surface area contributed by atoms with Crippen molar-refractivity contribution in [2.45, 2.75) is 77.1 Å². The van der Waals surface area contributed by atoms with E-state index in [0.29, 0.717) is 30.5 Å². The molecule has 1 amide bonds. The normalized spacial score (nSPS) is 20.0. The number of carbonyl (C=O) groups excluding carboxylic acids is 1. The summed E-state index contributed by atoms with van der Waals surface area (Å²) in [4.78, 5) is 18.8. The SMILES string of the molecule is CC1=CC(OCCCC2CCN(c3noc(C(C)(C)F)n3)CC2)CC=C1C(=O)NC(C)(CO)CO. The number of rotatable bonds is 11. The number of ether oxygens (including phenoxy) is 1. The molecule has 1 fully saturated rings. The van der Waals surface area contributed by atoms with E-state index in [1.54, 1.807) is 6.92 Å². The Bertz CT molecular complexity index is 911. The Hall–Kier alpha value is -2.30. The van der Waals surface area contributed by atoms with E-state index in [0.717, 1.165) is 44.3 Å². The molecule has 2 aliphatic rings. The minimum atomic E-state index is -1.64. The van der Waals surface area contributed by atoms with Gasteiger partial charge in [-0.2, -0.15) is 4.98 Å². The molecule has 1 saturated heterocycles. The Morgan fingerprint density at radius 3 is 2.54 bits per heavy atom. The maximum atomic E-state index is 14.0. The maximum Gasteiger partial charge on any atom is 0.266 e. The van der Waals surface area contributed by atoms with Gasteiger partial charge in [0.1, 0.15) is 0 Å². The van der Waals surface area contributed by atoms with Gasteiger partial charge in [-0.25, -0.2) is 4.39 Å². The summed E-state index contributed by atoms with van der Waals surface area (Å²) >= 11 is 0. The van der Waals surface area contributed by atoms with Gasteiger partial charge in [-0.1, -0.05) is 12.2 Å². The molecular formula is C25H39FN4O5. The number of aliphatic hydroxyl groups excluding tert-OH is 2. The van der Waals surface area contributed by atoms with Gasteiger partial charge in [0.15, 0.2) is 5.67 Å². The fraction of sp³-hybridized carbons (Fsp3) is 0.720. The Kier molecular flexibility index (Phi) is 9.06. The molecule has 0 radical (unpaired) electrons. The number of aliphatic hydroxyl groups is 2. The second kappa shape index (κ2) is 11.6. The van der Waals surface area contributed by atoms with Crippen LogP contribution in [0.3, 0.4) is 0 Å².